The first kappa shape index (κ1) is 12.4. The van der Waals surface area contributed by atoms with Crippen molar-refractivity contribution in [1.29, 1.82) is 0 Å². The molecule has 0 saturated heterocycles. The monoisotopic (exact) mass is 255 g/mol. The maximum absolute atomic E-state index is 4.20. The SMILES string of the molecule is CCC1(NCc2cn[nH]c2-c2ccccc2)CCC1. The number of nitrogens with one attached hydrogen (secondary N) is 2. The molecule has 1 heterocycles. The normalized spacial score (nSPS) is 17.1. The van der Waals surface area contributed by atoms with Crippen LogP contribution in [0.4, 0.5) is 0 Å². The highest BCUT2D eigenvalue weighted by molar-refractivity contribution is 5.62. The lowest BCUT2D eigenvalue weighted by atomic mass is 9.75. The maximum Gasteiger partial charge on any atom is 0.0695 e. The molecule has 2 N–H and O–H groups in total. The van der Waals surface area contributed by atoms with E-state index in [1.54, 1.807) is 0 Å². The highest BCUT2D eigenvalue weighted by atomic mass is 15.1. The second kappa shape index (κ2) is 5.17. The minimum Gasteiger partial charge on any atom is -0.307 e. The molecule has 100 valence electrons. The van der Waals surface area contributed by atoms with Crippen LogP contribution in [0.2, 0.25) is 0 Å². The molecule has 3 rings (SSSR count). The standard InChI is InChI=1S/C16H21N3/c1-2-16(9-6-10-16)17-11-14-12-18-19-15(14)13-7-4-3-5-8-13/h3-5,7-8,12,17H,2,6,9-11H2,1H3,(H,18,19). The second-order valence-corrected chi connectivity index (χ2v) is 5.48. The van der Waals surface area contributed by atoms with Gasteiger partial charge in [0, 0.05) is 17.6 Å². The van der Waals surface area contributed by atoms with Gasteiger partial charge in [-0.1, -0.05) is 37.3 Å². The summed E-state index contributed by atoms with van der Waals surface area (Å²) in [7, 11) is 0. The van der Waals surface area contributed by atoms with E-state index in [1.807, 2.05) is 12.3 Å². The Hall–Kier alpha value is -1.61. The number of rotatable bonds is 5. The number of hydrogen-bond donors (Lipinski definition) is 2. The molecular formula is C16H21N3. The van der Waals surface area contributed by atoms with E-state index < -0.39 is 0 Å². The van der Waals surface area contributed by atoms with Gasteiger partial charge in [-0.15, -0.1) is 0 Å². The number of aromatic nitrogens is 2. The molecule has 0 spiro atoms. The lowest BCUT2D eigenvalue weighted by molar-refractivity contribution is 0.175. The quantitative estimate of drug-likeness (QED) is 0.858. The maximum atomic E-state index is 4.20. The van der Waals surface area contributed by atoms with Crippen LogP contribution in [0.3, 0.4) is 0 Å². The summed E-state index contributed by atoms with van der Waals surface area (Å²) in [5.41, 5.74) is 3.98. The predicted octanol–water partition coefficient (Wildman–Crippen LogP) is 3.50. The summed E-state index contributed by atoms with van der Waals surface area (Å²) in [4.78, 5) is 0. The summed E-state index contributed by atoms with van der Waals surface area (Å²) in [6.45, 7) is 3.17. The van der Waals surface area contributed by atoms with Gasteiger partial charge in [-0.3, -0.25) is 5.10 Å². The van der Waals surface area contributed by atoms with Crippen molar-refractivity contribution in [2.45, 2.75) is 44.7 Å². The Labute approximate surface area is 114 Å². The van der Waals surface area contributed by atoms with Crippen molar-refractivity contribution in [3.63, 3.8) is 0 Å². The van der Waals surface area contributed by atoms with Crippen LogP contribution in [0.25, 0.3) is 11.3 Å². The van der Waals surface area contributed by atoms with Crippen molar-refractivity contribution in [3.05, 3.63) is 42.1 Å². The summed E-state index contributed by atoms with van der Waals surface area (Å²) in [6.07, 6.45) is 7.13. The first-order chi connectivity index (χ1) is 9.33. The Morgan fingerprint density at radius 1 is 1.26 bits per heavy atom. The van der Waals surface area contributed by atoms with Crippen molar-refractivity contribution in [1.82, 2.24) is 15.5 Å². The van der Waals surface area contributed by atoms with Crippen LogP contribution < -0.4 is 5.32 Å². The third kappa shape index (κ3) is 2.43. The van der Waals surface area contributed by atoms with Crippen LogP contribution in [-0.4, -0.2) is 15.7 Å². The second-order valence-electron chi connectivity index (χ2n) is 5.48. The Balaban J connectivity index is 1.74. The average molecular weight is 255 g/mol. The number of benzene rings is 1. The van der Waals surface area contributed by atoms with Crippen molar-refractivity contribution in [2.75, 3.05) is 0 Å². The van der Waals surface area contributed by atoms with E-state index in [9.17, 15) is 0 Å². The Kier molecular flexibility index (Phi) is 3.38. The summed E-state index contributed by atoms with van der Waals surface area (Å²) >= 11 is 0. The first-order valence-corrected chi connectivity index (χ1v) is 7.16. The smallest absolute Gasteiger partial charge is 0.0695 e. The Morgan fingerprint density at radius 3 is 2.68 bits per heavy atom. The molecule has 0 radical (unpaired) electrons. The molecule has 19 heavy (non-hydrogen) atoms. The van der Waals surface area contributed by atoms with Crippen LogP contribution >= 0.6 is 0 Å². The van der Waals surface area contributed by atoms with Gasteiger partial charge >= 0.3 is 0 Å². The first-order valence-electron chi connectivity index (χ1n) is 7.16. The minimum atomic E-state index is 0.380. The van der Waals surface area contributed by atoms with Gasteiger partial charge in [-0.25, -0.2) is 0 Å². The molecule has 3 heteroatoms. The number of H-pyrrole nitrogens is 1. The number of nitrogens with zero attached hydrogens (tertiary/aromatic N) is 1. The fraction of sp³-hybridized carbons (Fsp3) is 0.438. The molecule has 1 aromatic carbocycles. The molecule has 0 atom stereocenters. The zero-order valence-corrected chi connectivity index (χ0v) is 11.4. The van der Waals surface area contributed by atoms with Crippen molar-refractivity contribution in [3.8, 4) is 11.3 Å². The summed E-state index contributed by atoms with van der Waals surface area (Å²) < 4.78 is 0. The Bertz CT molecular complexity index is 520. The van der Waals surface area contributed by atoms with E-state index in [0.29, 0.717) is 5.54 Å². The largest absolute Gasteiger partial charge is 0.307 e. The van der Waals surface area contributed by atoms with Crippen molar-refractivity contribution in [2.24, 2.45) is 0 Å². The Morgan fingerprint density at radius 2 is 2.05 bits per heavy atom. The van der Waals surface area contributed by atoms with Gasteiger partial charge in [-0.2, -0.15) is 5.10 Å². The predicted molar refractivity (Wildman–Crippen MR) is 77.7 cm³/mol. The fourth-order valence-corrected chi connectivity index (χ4v) is 2.84. The third-order valence-electron chi connectivity index (χ3n) is 4.42. The van der Waals surface area contributed by atoms with Gasteiger partial charge in [0.05, 0.1) is 11.9 Å². The van der Waals surface area contributed by atoms with Crippen LogP contribution in [0.15, 0.2) is 36.5 Å². The number of hydrogen-bond acceptors (Lipinski definition) is 2. The van der Waals surface area contributed by atoms with Gasteiger partial charge in [-0.05, 0) is 31.2 Å². The summed E-state index contributed by atoms with van der Waals surface area (Å²) in [5, 5.41) is 11.1. The molecule has 0 amide bonds. The topological polar surface area (TPSA) is 40.7 Å². The molecule has 0 bridgehead atoms. The van der Waals surface area contributed by atoms with Crippen molar-refractivity contribution >= 4 is 0 Å². The molecule has 3 nitrogen and oxygen atoms in total. The van der Waals surface area contributed by atoms with Gasteiger partial charge in [0.2, 0.25) is 0 Å². The molecule has 1 aliphatic carbocycles. The average Bonchev–Trinajstić information content (AvgIpc) is 2.87. The van der Waals surface area contributed by atoms with E-state index in [1.165, 1.54) is 36.8 Å². The molecule has 1 saturated carbocycles. The lowest BCUT2D eigenvalue weighted by Crippen LogP contribution is -2.49. The molecule has 2 aromatic rings. The molecular weight excluding hydrogens is 234 g/mol. The van der Waals surface area contributed by atoms with Gasteiger partial charge < -0.3 is 5.32 Å². The van der Waals surface area contributed by atoms with Crippen LogP contribution in [-0.2, 0) is 6.54 Å². The van der Waals surface area contributed by atoms with E-state index in [2.05, 4.69) is 46.7 Å². The fourth-order valence-electron chi connectivity index (χ4n) is 2.84. The van der Waals surface area contributed by atoms with Crippen LogP contribution in [0, 0.1) is 0 Å². The third-order valence-corrected chi connectivity index (χ3v) is 4.42. The van der Waals surface area contributed by atoms with Gasteiger partial charge in [0.25, 0.3) is 0 Å². The molecule has 1 aliphatic rings. The van der Waals surface area contributed by atoms with Crippen LogP contribution in [0.5, 0.6) is 0 Å². The van der Waals surface area contributed by atoms with E-state index in [4.69, 9.17) is 0 Å². The van der Waals surface area contributed by atoms with E-state index in [-0.39, 0.29) is 0 Å². The zero-order valence-electron chi connectivity index (χ0n) is 11.4. The summed E-state index contributed by atoms with van der Waals surface area (Å²) in [5.74, 6) is 0. The van der Waals surface area contributed by atoms with Gasteiger partial charge in [0.1, 0.15) is 0 Å². The van der Waals surface area contributed by atoms with E-state index in [0.717, 1.165) is 12.2 Å². The van der Waals surface area contributed by atoms with E-state index >= 15 is 0 Å². The van der Waals surface area contributed by atoms with Crippen molar-refractivity contribution < 1.29 is 0 Å². The lowest BCUT2D eigenvalue weighted by Gasteiger charge is -2.42. The van der Waals surface area contributed by atoms with Gasteiger partial charge in [0.15, 0.2) is 0 Å². The number of aromatic amines is 1. The molecule has 0 aliphatic heterocycles. The summed E-state index contributed by atoms with van der Waals surface area (Å²) in [6, 6.07) is 10.4. The minimum absolute atomic E-state index is 0.380. The highest BCUT2D eigenvalue weighted by Crippen LogP contribution is 2.35. The molecule has 1 aromatic heterocycles. The molecule has 0 unspecified atom stereocenters. The highest BCUT2D eigenvalue weighted by Gasteiger charge is 2.34. The molecule has 1 fully saturated rings. The zero-order chi connectivity index (χ0) is 13.1. The van der Waals surface area contributed by atoms with Crippen LogP contribution in [0.1, 0.15) is 38.2 Å².